The van der Waals surface area contributed by atoms with E-state index in [-0.39, 0.29) is 11.3 Å². The first kappa shape index (κ1) is 15.3. The predicted molar refractivity (Wildman–Crippen MR) is 83.8 cm³/mol. The zero-order valence-electron chi connectivity index (χ0n) is 13.4. The Labute approximate surface area is 131 Å². The van der Waals surface area contributed by atoms with E-state index < -0.39 is 0 Å². The van der Waals surface area contributed by atoms with Gasteiger partial charge in [-0.05, 0) is 17.7 Å². The number of carbonyl (C=O) groups is 1. The lowest BCUT2D eigenvalue weighted by molar-refractivity contribution is -0.126. The molecule has 0 N–H and O–H groups in total. The van der Waals surface area contributed by atoms with Crippen LogP contribution in [0.25, 0.3) is 0 Å². The molecule has 1 atom stereocenters. The molecule has 1 spiro atoms. The van der Waals surface area contributed by atoms with Crippen LogP contribution >= 0.6 is 0 Å². The van der Waals surface area contributed by atoms with Crippen molar-refractivity contribution < 1.29 is 14.3 Å². The van der Waals surface area contributed by atoms with Gasteiger partial charge in [0.05, 0.1) is 20.3 Å². The summed E-state index contributed by atoms with van der Waals surface area (Å²) in [7, 11) is 3.56. The monoisotopic (exact) mass is 304 g/mol. The molecule has 0 unspecified atom stereocenters. The van der Waals surface area contributed by atoms with Crippen LogP contribution in [0.2, 0.25) is 0 Å². The summed E-state index contributed by atoms with van der Waals surface area (Å²) in [6.07, 6.45) is 0.600. The minimum absolute atomic E-state index is 0.0468. The first-order valence-corrected chi connectivity index (χ1v) is 7.77. The number of hydrogen-bond donors (Lipinski definition) is 0. The van der Waals surface area contributed by atoms with E-state index in [0.29, 0.717) is 13.0 Å². The topological polar surface area (TPSA) is 42.0 Å². The van der Waals surface area contributed by atoms with Crippen LogP contribution in [-0.2, 0) is 16.1 Å². The highest BCUT2D eigenvalue weighted by atomic mass is 16.5. The molecular weight excluding hydrogens is 280 g/mol. The van der Waals surface area contributed by atoms with Gasteiger partial charge in [-0.2, -0.15) is 0 Å². The van der Waals surface area contributed by atoms with Gasteiger partial charge >= 0.3 is 0 Å². The van der Waals surface area contributed by atoms with Gasteiger partial charge in [0.15, 0.2) is 0 Å². The summed E-state index contributed by atoms with van der Waals surface area (Å²) >= 11 is 0. The number of benzene rings is 1. The Bertz CT molecular complexity index is 531. The first-order chi connectivity index (χ1) is 10.6. The van der Waals surface area contributed by atoms with Gasteiger partial charge in [-0.25, -0.2) is 0 Å². The van der Waals surface area contributed by atoms with Gasteiger partial charge in [0, 0.05) is 45.1 Å². The van der Waals surface area contributed by atoms with Crippen molar-refractivity contribution >= 4 is 5.91 Å². The number of hydrogen-bond acceptors (Lipinski definition) is 4. The lowest BCUT2D eigenvalue weighted by atomic mass is 9.87. The summed E-state index contributed by atoms with van der Waals surface area (Å²) < 4.78 is 11.0. The van der Waals surface area contributed by atoms with Gasteiger partial charge in [-0.3, -0.25) is 9.69 Å². The molecule has 5 heteroatoms. The van der Waals surface area contributed by atoms with E-state index in [1.807, 2.05) is 24.1 Å². The van der Waals surface area contributed by atoms with Crippen molar-refractivity contribution in [1.82, 2.24) is 9.80 Å². The standard InChI is InChI=1S/C17H24N2O3/c1-18-11-17(9-16(18)20)12-19(7-8-22-13-17)10-14-3-5-15(21-2)6-4-14/h3-6H,7-13H2,1-2H3/t17-/m1/s1. The zero-order valence-corrected chi connectivity index (χ0v) is 13.4. The van der Waals surface area contributed by atoms with Gasteiger partial charge in [0.2, 0.25) is 5.91 Å². The van der Waals surface area contributed by atoms with E-state index in [9.17, 15) is 4.79 Å². The van der Waals surface area contributed by atoms with Crippen LogP contribution < -0.4 is 4.74 Å². The molecule has 0 bridgehead atoms. The minimum atomic E-state index is -0.0468. The number of methoxy groups -OCH3 is 1. The normalized spacial score (nSPS) is 26.5. The second kappa shape index (κ2) is 6.26. The molecule has 0 radical (unpaired) electrons. The van der Waals surface area contributed by atoms with E-state index in [2.05, 4.69) is 17.0 Å². The van der Waals surface area contributed by atoms with Gasteiger partial charge in [0.25, 0.3) is 0 Å². The Morgan fingerprint density at radius 1 is 1.27 bits per heavy atom. The van der Waals surface area contributed by atoms with E-state index in [4.69, 9.17) is 9.47 Å². The van der Waals surface area contributed by atoms with Gasteiger partial charge in [-0.1, -0.05) is 12.1 Å². The second-order valence-electron chi connectivity index (χ2n) is 6.54. The van der Waals surface area contributed by atoms with Crippen molar-refractivity contribution in [3.05, 3.63) is 29.8 Å². The molecule has 22 heavy (non-hydrogen) atoms. The zero-order chi connectivity index (χ0) is 15.6. The fourth-order valence-corrected chi connectivity index (χ4v) is 3.51. The Kier molecular flexibility index (Phi) is 4.36. The SMILES string of the molecule is COc1ccc(CN2CCOC[C@@]3(CC(=O)N(C)C3)C2)cc1. The van der Waals surface area contributed by atoms with Crippen LogP contribution in [-0.4, -0.2) is 62.7 Å². The van der Waals surface area contributed by atoms with Crippen molar-refractivity contribution in [3.63, 3.8) is 0 Å². The second-order valence-corrected chi connectivity index (χ2v) is 6.54. The van der Waals surface area contributed by atoms with Crippen molar-refractivity contribution in [2.24, 2.45) is 5.41 Å². The maximum atomic E-state index is 11.9. The molecule has 2 aliphatic rings. The predicted octanol–water partition coefficient (Wildman–Crippen LogP) is 1.38. The number of amides is 1. The highest BCUT2D eigenvalue weighted by molar-refractivity contribution is 5.79. The van der Waals surface area contributed by atoms with Crippen LogP contribution in [0.1, 0.15) is 12.0 Å². The van der Waals surface area contributed by atoms with Crippen LogP contribution in [0.15, 0.2) is 24.3 Å². The summed E-state index contributed by atoms with van der Waals surface area (Å²) in [6, 6.07) is 8.19. The third-order valence-corrected chi connectivity index (χ3v) is 4.61. The number of carbonyl (C=O) groups excluding carboxylic acids is 1. The van der Waals surface area contributed by atoms with Crippen molar-refractivity contribution in [2.45, 2.75) is 13.0 Å². The first-order valence-electron chi connectivity index (χ1n) is 7.77. The Morgan fingerprint density at radius 3 is 2.68 bits per heavy atom. The maximum absolute atomic E-state index is 11.9. The van der Waals surface area contributed by atoms with Gasteiger partial charge in [-0.15, -0.1) is 0 Å². The average Bonchev–Trinajstić information content (AvgIpc) is 2.67. The number of ether oxygens (including phenoxy) is 2. The van der Waals surface area contributed by atoms with Gasteiger partial charge < -0.3 is 14.4 Å². The van der Waals surface area contributed by atoms with E-state index in [1.54, 1.807) is 7.11 Å². The van der Waals surface area contributed by atoms with E-state index >= 15 is 0 Å². The smallest absolute Gasteiger partial charge is 0.223 e. The van der Waals surface area contributed by atoms with E-state index in [1.165, 1.54) is 5.56 Å². The number of likely N-dealkylation sites (tertiary alicyclic amines) is 1. The summed E-state index contributed by atoms with van der Waals surface area (Å²) in [5.41, 5.74) is 1.21. The summed E-state index contributed by atoms with van der Waals surface area (Å²) in [4.78, 5) is 16.2. The van der Waals surface area contributed by atoms with Crippen LogP contribution in [0.4, 0.5) is 0 Å². The fourth-order valence-electron chi connectivity index (χ4n) is 3.51. The lowest BCUT2D eigenvalue weighted by Gasteiger charge is -2.30. The molecule has 2 saturated heterocycles. The molecule has 2 heterocycles. The highest BCUT2D eigenvalue weighted by Gasteiger charge is 2.44. The number of nitrogens with zero attached hydrogens (tertiary/aromatic N) is 2. The molecule has 1 aromatic rings. The number of rotatable bonds is 3. The van der Waals surface area contributed by atoms with Crippen LogP contribution in [0, 0.1) is 5.41 Å². The van der Waals surface area contributed by atoms with Crippen molar-refractivity contribution in [1.29, 1.82) is 0 Å². The lowest BCUT2D eigenvalue weighted by Crippen LogP contribution is -2.40. The molecule has 120 valence electrons. The fraction of sp³-hybridized carbons (Fsp3) is 0.588. The molecule has 0 saturated carbocycles. The molecule has 1 aromatic carbocycles. The molecule has 1 amide bonds. The summed E-state index contributed by atoms with van der Waals surface area (Å²) in [6.45, 7) is 4.91. The molecule has 3 rings (SSSR count). The molecule has 2 fully saturated rings. The Balaban J connectivity index is 1.69. The average molecular weight is 304 g/mol. The van der Waals surface area contributed by atoms with Gasteiger partial charge in [0.1, 0.15) is 5.75 Å². The summed E-state index contributed by atoms with van der Waals surface area (Å²) in [5, 5.41) is 0. The summed E-state index contributed by atoms with van der Waals surface area (Å²) in [5.74, 6) is 1.11. The van der Waals surface area contributed by atoms with Crippen LogP contribution in [0.5, 0.6) is 5.75 Å². The Hall–Kier alpha value is -1.59. The Morgan fingerprint density at radius 2 is 2.05 bits per heavy atom. The highest BCUT2D eigenvalue weighted by Crippen LogP contribution is 2.33. The molecule has 5 nitrogen and oxygen atoms in total. The van der Waals surface area contributed by atoms with Crippen LogP contribution in [0.3, 0.4) is 0 Å². The third kappa shape index (κ3) is 3.25. The molecule has 0 aromatic heterocycles. The molecular formula is C17H24N2O3. The maximum Gasteiger partial charge on any atom is 0.223 e. The molecule has 0 aliphatic carbocycles. The minimum Gasteiger partial charge on any atom is -0.497 e. The third-order valence-electron chi connectivity index (χ3n) is 4.61. The van der Waals surface area contributed by atoms with Crippen molar-refractivity contribution in [3.8, 4) is 5.75 Å². The largest absolute Gasteiger partial charge is 0.497 e. The van der Waals surface area contributed by atoms with Crippen molar-refractivity contribution in [2.75, 3.05) is 47.0 Å². The quantitative estimate of drug-likeness (QED) is 0.846. The molecule has 2 aliphatic heterocycles. The van der Waals surface area contributed by atoms with E-state index in [0.717, 1.165) is 38.5 Å².